The highest BCUT2D eigenvalue weighted by atomic mass is 16.5. The summed E-state index contributed by atoms with van der Waals surface area (Å²) in [4.78, 5) is 13.3. The molecule has 1 atom stereocenters. The van der Waals surface area contributed by atoms with E-state index in [0.29, 0.717) is 13.2 Å². The van der Waals surface area contributed by atoms with Gasteiger partial charge < -0.3 is 15.8 Å². The van der Waals surface area contributed by atoms with Gasteiger partial charge in [0, 0.05) is 19.7 Å². The van der Waals surface area contributed by atoms with Gasteiger partial charge in [0.1, 0.15) is 0 Å². The van der Waals surface area contributed by atoms with Crippen molar-refractivity contribution < 1.29 is 9.53 Å². The summed E-state index contributed by atoms with van der Waals surface area (Å²) in [6.07, 6.45) is 0. The molecule has 5 nitrogen and oxygen atoms in total. The Bertz CT molecular complexity index is 188. The minimum Gasteiger partial charge on any atom is -0.380 e. The van der Waals surface area contributed by atoms with Crippen molar-refractivity contribution in [2.24, 2.45) is 5.73 Å². The molecule has 1 unspecified atom stereocenters. The lowest BCUT2D eigenvalue weighted by atomic mass is 10.2. The van der Waals surface area contributed by atoms with Crippen molar-refractivity contribution in [3.63, 3.8) is 0 Å². The molecule has 0 rings (SSSR count). The second-order valence-corrected chi connectivity index (χ2v) is 3.60. The number of amides is 1. The number of primary amides is 1. The second-order valence-electron chi connectivity index (χ2n) is 3.60. The first-order valence-corrected chi connectivity index (χ1v) is 5.98. The third kappa shape index (κ3) is 6.76. The fraction of sp³-hybridized carbons (Fsp3) is 0.909. The number of nitrogens with two attached hydrogens (primary N) is 1. The second kappa shape index (κ2) is 9.57. The summed E-state index contributed by atoms with van der Waals surface area (Å²) in [5, 5.41) is 3.08. The number of nitrogens with one attached hydrogen (secondary N) is 1. The largest absolute Gasteiger partial charge is 0.380 e. The van der Waals surface area contributed by atoms with Crippen LogP contribution in [0.15, 0.2) is 0 Å². The number of ether oxygens (including phenoxy) is 1. The van der Waals surface area contributed by atoms with Crippen LogP contribution in [0.5, 0.6) is 0 Å². The average Bonchev–Trinajstić information content (AvgIpc) is 2.26. The van der Waals surface area contributed by atoms with E-state index in [1.165, 1.54) is 0 Å². The molecule has 0 aromatic heterocycles. The first kappa shape index (κ1) is 15.3. The number of hydrogen-bond acceptors (Lipinski definition) is 4. The van der Waals surface area contributed by atoms with E-state index in [0.717, 1.165) is 26.2 Å². The van der Waals surface area contributed by atoms with Crippen LogP contribution in [-0.4, -0.2) is 56.2 Å². The molecule has 0 radical (unpaired) electrons. The van der Waals surface area contributed by atoms with Gasteiger partial charge in [-0.2, -0.15) is 0 Å². The lowest BCUT2D eigenvalue weighted by Crippen LogP contribution is -2.49. The van der Waals surface area contributed by atoms with Crippen LogP contribution in [0.1, 0.15) is 20.8 Å². The summed E-state index contributed by atoms with van der Waals surface area (Å²) in [6, 6.07) is -0.272. The zero-order chi connectivity index (χ0) is 12.4. The van der Waals surface area contributed by atoms with Crippen LogP contribution in [0.25, 0.3) is 0 Å². The summed E-state index contributed by atoms with van der Waals surface area (Å²) in [6.45, 7) is 10.5. The van der Waals surface area contributed by atoms with Crippen LogP contribution in [0.3, 0.4) is 0 Å². The molecule has 0 aliphatic carbocycles. The van der Waals surface area contributed by atoms with Crippen molar-refractivity contribution in [3.05, 3.63) is 0 Å². The molecule has 0 aromatic rings. The minimum atomic E-state index is -0.295. The van der Waals surface area contributed by atoms with E-state index in [1.807, 2.05) is 13.8 Å². The van der Waals surface area contributed by atoms with E-state index in [1.54, 1.807) is 0 Å². The summed E-state index contributed by atoms with van der Waals surface area (Å²) in [5.41, 5.74) is 5.32. The molecule has 0 fully saturated rings. The smallest absolute Gasteiger partial charge is 0.235 e. The SMILES string of the molecule is CCNC(CN(CC)CCOCC)C(N)=O. The quantitative estimate of drug-likeness (QED) is 0.511. The number of hydrogen-bond donors (Lipinski definition) is 2. The minimum absolute atomic E-state index is 0.272. The highest BCUT2D eigenvalue weighted by molar-refractivity contribution is 5.80. The van der Waals surface area contributed by atoms with Crippen molar-refractivity contribution in [1.82, 2.24) is 10.2 Å². The molecule has 16 heavy (non-hydrogen) atoms. The highest BCUT2D eigenvalue weighted by Gasteiger charge is 2.16. The molecule has 5 heteroatoms. The van der Waals surface area contributed by atoms with Crippen LogP contribution in [-0.2, 0) is 9.53 Å². The van der Waals surface area contributed by atoms with Crippen LogP contribution in [0, 0.1) is 0 Å². The molecule has 0 bridgehead atoms. The molecule has 96 valence electrons. The summed E-state index contributed by atoms with van der Waals surface area (Å²) in [7, 11) is 0. The van der Waals surface area contributed by atoms with E-state index < -0.39 is 0 Å². The van der Waals surface area contributed by atoms with E-state index in [2.05, 4.69) is 17.1 Å². The molecule has 1 amide bonds. The van der Waals surface area contributed by atoms with Crippen molar-refractivity contribution in [2.75, 3.05) is 39.4 Å². The standard InChI is InChI=1S/C11H25N3O2/c1-4-13-10(11(12)15)9-14(5-2)7-8-16-6-3/h10,13H,4-9H2,1-3H3,(H2,12,15). The van der Waals surface area contributed by atoms with Crippen LogP contribution in [0.2, 0.25) is 0 Å². The molecule has 0 aliphatic rings. The Morgan fingerprint density at radius 1 is 1.44 bits per heavy atom. The molecular weight excluding hydrogens is 206 g/mol. The molecule has 0 aliphatic heterocycles. The Kier molecular flexibility index (Phi) is 9.18. The molecule has 3 N–H and O–H groups in total. The highest BCUT2D eigenvalue weighted by Crippen LogP contribution is 1.93. The van der Waals surface area contributed by atoms with Gasteiger partial charge in [-0.3, -0.25) is 9.69 Å². The van der Waals surface area contributed by atoms with Gasteiger partial charge in [-0.05, 0) is 20.0 Å². The summed E-state index contributed by atoms with van der Waals surface area (Å²) >= 11 is 0. The maximum Gasteiger partial charge on any atom is 0.235 e. The Morgan fingerprint density at radius 2 is 2.12 bits per heavy atom. The molecule has 0 spiro atoms. The normalized spacial score (nSPS) is 13.0. The van der Waals surface area contributed by atoms with Gasteiger partial charge >= 0.3 is 0 Å². The summed E-state index contributed by atoms with van der Waals surface area (Å²) in [5.74, 6) is -0.295. The maximum absolute atomic E-state index is 11.2. The number of carbonyl (C=O) groups is 1. The van der Waals surface area contributed by atoms with Gasteiger partial charge in [0.15, 0.2) is 0 Å². The van der Waals surface area contributed by atoms with Crippen molar-refractivity contribution in [1.29, 1.82) is 0 Å². The van der Waals surface area contributed by atoms with Gasteiger partial charge in [-0.15, -0.1) is 0 Å². The Balaban J connectivity index is 3.99. The molecular formula is C11H25N3O2. The van der Waals surface area contributed by atoms with Crippen LogP contribution >= 0.6 is 0 Å². The predicted octanol–water partition coefficient (Wildman–Crippen LogP) is -0.192. The fourth-order valence-corrected chi connectivity index (χ4v) is 1.48. The summed E-state index contributed by atoms with van der Waals surface area (Å²) < 4.78 is 5.29. The van der Waals surface area contributed by atoms with Crippen LogP contribution < -0.4 is 11.1 Å². The van der Waals surface area contributed by atoms with Gasteiger partial charge in [0.2, 0.25) is 5.91 Å². The van der Waals surface area contributed by atoms with Gasteiger partial charge in [0.05, 0.1) is 12.6 Å². The monoisotopic (exact) mass is 231 g/mol. The first-order chi connectivity index (χ1) is 7.65. The average molecular weight is 231 g/mol. The van der Waals surface area contributed by atoms with Gasteiger partial charge in [-0.25, -0.2) is 0 Å². The maximum atomic E-state index is 11.2. The van der Waals surface area contributed by atoms with Crippen molar-refractivity contribution in [2.45, 2.75) is 26.8 Å². The van der Waals surface area contributed by atoms with Gasteiger partial charge in [-0.1, -0.05) is 13.8 Å². The van der Waals surface area contributed by atoms with Crippen molar-refractivity contribution >= 4 is 5.91 Å². The van der Waals surface area contributed by atoms with E-state index >= 15 is 0 Å². The zero-order valence-corrected chi connectivity index (χ0v) is 10.7. The molecule has 0 aromatic carbocycles. The number of likely N-dealkylation sites (N-methyl/N-ethyl adjacent to an activating group) is 2. The number of rotatable bonds is 10. The Hall–Kier alpha value is -0.650. The molecule has 0 saturated heterocycles. The van der Waals surface area contributed by atoms with Gasteiger partial charge in [0.25, 0.3) is 0 Å². The van der Waals surface area contributed by atoms with E-state index in [9.17, 15) is 4.79 Å². The van der Waals surface area contributed by atoms with Crippen molar-refractivity contribution in [3.8, 4) is 0 Å². The molecule has 0 saturated carbocycles. The predicted molar refractivity (Wildman–Crippen MR) is 65.3 cm³/mol. The third-order valence-corrected chi connectivity index (χ3v) is 2.44. The van der Waals surface area contributed by atoms with E-state index in [4.69, 9.17) is 10.5 Å². The first-order valence-electron chi connectivity index (χ1n) is 5.98. The number of nitrogens with zero attached hydrogens (tertiary/aromatic N) is 1. The third-order valence-electron chi connectivity index (χ3n) is 2.44. The lowest BCUT2D eigenvalue weighted by Gasteiger charge is -2.24. The number of carbonyl (C=O) groups excluding carboxylic acids is 1. The zero-order valence-electron chi connectivity index (χ0n) is 10.7. The molecule has 0 heterocycles. The topological polar surface area (TPSA) is 67.6 Å². The van der Waals surface area contributed by atoms with E-state index in [-0.39, 0.29) is 11.9 Å². The lowest BCUT2D eigenvalue weighted by molar-refractivity contribution is -0.120. The Morgan fingerprint density at radius 3 is 2.56 bits per heavy atom. The Labute approximate surface area is 98.3 Å². The van der Waals surface area contributed by atoms with Crippen LogP contribution in [0.4, 0.5) is 0 Å². The fourth-order valence-electron chi connectivity index (χ4n) is 1.48.